The lowest BCUT2D eigenvalue weighted by molar-refractivity contribution is -0.116. The molecule has 0 aliphatic heterocycles. The lowest BCUT2D eigenvalue weighted by Gasteiger charge is -2.08. The third-order valence-corrected chi connectivity index (χ3v) is 3.89. The standard InChI is InChI=1S/C19H25N3O3/c1-14-18(9-10-19(24)20-12-11-17(23)13-25-3)15(2)22(21-14)16-7-5-4-6-8-16/h4-10,17,23H,11-13H2,1-3H3,(H,20,24)/b10-9+. The highest BCUT2D eigenvalue weighted by Gasteiger charge is 2.10. The van der Waals surface area contributed by atoms with Crippen molar-refractivity contribution < 1.29 is 14.6 Å². The molecule has 0 radical (unpaired) electrons. The number of aliphatic hydroxyl groups excluding tert-OH is 1. The van der Waals surface area contributed by atoms with Crippen molar-refractivity contribution in [2.45, 2.75) is 26.4 Å². The Morgan fingerprint density at radius 3 is 2.76 bits per heavy atom. The van der Waals surface area contributed by atoms with E-state index < -0.39 is 6.10 Å². The highest BCUT2D eigenvalue weighted by Crippen LogP contribution is 2.18. The smallest absolute Gasteiger partial charge is 0.244 e. The van der Waals surface area contributed by atoms with Gasteiger partial charge in [-0.25, -0.2) is 4.68 Å². The number of aliphatic hydroxyl groups is 1. The minimum atomic E-state index is -0.567. The van der Waals surface area contributed by atoms with E-state index in [-0.39, 0.29) is 12.5 Å². The van der Waals surface area contributed by atoms with Crippen molar-refractivity contribution in [3.05, 3.63) is 53.4 Å². The van der Waals surface area contributed by atoms with Crippen LogP contribution in [-0.2, 0) is 9.53 Å². The Balaban J connectivity index is 1.99. The molecule has 2 rings (SSSR count). The van der Waals surface area contributed by atoms with Crippen molar-refractivity contribution in [3.63, 3.8) is 0 Å². The molecule has 0 aliphatic rings. The van der Waals surface area contributed by atoms with E-state index in [1.807, 2.05) is 48.9 Å². The molecule has 0 spiro atoms. The molecular formula is C19H25N3O3. The molecule has 1 unspecified atom stereocenters. The van der Waals surface area contributed by atoms with E-state index in [0.717, 1.165) is 22.6 Å². The van der Waals surface area contributed by atoms with E-state index in [9.17, 15) is 9.90 Å². The van der Waals surface area contributed by atoms with Crippen LogP contribution in [0.2, 0.25) is 0 Å². The molecule has 0 saturated carbocycles. The average Bonchev–Trinajstić information content (AvgIpc) is 2.88. The zero-order valence-corrected chi connectivity index (χ0v) is 14.9. The van der Waals surface area contributed by atoms with E-state index >= 15 is 0 Å². The fourth-order valence-corrected chi connectivity index (χ4v) is 2.57. The second kappa shape index (κ2) is 9.15. The van der Waals surface area contributed by atoms with Crippen molar-refractivity contribution in [3.8, 4) is 5.69 Å². The summed E-state index contributed by atoms with van der Waals surface area (Å²) < 4.78 is 6.71. The first-order chi connectivity index (χ1) is 12.0. The average molecular weight is 343 g/mol. The second-order valence-electron chi connectivity index (χ2n) is 5.85. The van der Waals surface area contributed by atoms with Gasteiger partial charge >= 0.3 is 0 Å². The number of para-hydroxylation sites is 1. The van der Waals surface area contributed by atoms with Gasteiger partial charge < -0.3 is 15.2 Å². The first-order valence-corrected chi connectivity index (χ1v) is 8.27. The predicted molar refractivity (Wildman–Crippen MR) is 97.6 cm³/mol. The summed E-state index contributed by atoms with van der Waals surface area (Å²) in [5.41, 5.74) is 3.75. The lowest BCUT2D eigenvalue weighted by Crippen LogP contribution is -2.27. The summed E-state index contributed by atoms with van der Waals surface area (Å²) in [4.78, 5) is 11.9. The largest absolute Gasteiger partial charge is 0.391 e. The van der Waals surface area contributed by atoms with Gasteiger partial charge in [0, 0.05) is 31.0 Å². The Kier molecular flexibility index (Phi) is 6.91. The normalized spacial score (nSPS) is 12.5. The van der Waals surface area contributed by atoms with Crippen LogP contribution in [0.1, 0.15) is 23.4 Å². The van der Waals surface area contributed by atoms with Gasteiger partial charge in [0.05, 0.1) is 24.1 Å². The second-order valence-corrected chi connectivity index (χ2v) is 5.85. The van der Waals surface area contributed by atoms with Crippen LogP contribution in [0.3, 0.4) is 0 Å². The number of ether oxygens (including phenoxy) is 1. The zero-order valence-electron chi connectivity index (χ0n) is 14.9. The molecule has 2 aromatic rings. The van der Waals surface area contributed by atoms with Gasteiger partial charge in [0.2, 0.25) is 5.91 Å². The van der Waals surface area contributed by atoms with Crippen molar-refractivity contribution in [1.29, 1.82) is 0 Å². The van der Waals surface area contributed by atoms with Crippen molar-refractivity contribution in [2.75, 3.05) is 20.3 Å². The minimum absolute atomic E-state index is 0.198. The summed E-state index contributed by atoms with van der Waals surface area (Å²) >= 11 is 0. The number of aryl methyl sites for hydroxylation is 1. The molecule has 1 aromatic carbocycles. The fraction of sp³-hybridized carbons (Fsp3) is 0.368. The van der Waals surface area contributed by atoms with Crippen molar-refractivity contribution >= 4 is 12.0 Å². The maximum Gasteiger partial charge on any atom is 0.244 e. The van der Waals surface area contributed by atoms with Crippen LogP contribution in [-0.4, -0.2) is 47.2 Å². The van der Waals surface area contributed by atoms with Gasteiger partial charge in [-0.1, -0.05) is 18.2 Å². The first-order valence-electron chi connectivity index (χ1n) is 8.27. The molecule has 0 fully saturated rings. The number of amides is 1. The third-order valence-electron chi connectivity index (χ3n) is 3.89. The number of aromatic nitrogens is 2. The van der Waals surface area contributed by atoms with Gasteiger partial charge in [-0.3, -0.25) is 4.79 Å². The first kappa shape index (κ1) is 18.9. The van der Waals surface area contributed by atoms with E-state index in [2.05, 4.69) is 10.4 Å². The molecule has 1 atom stereocenters. The van der Waals surface area contributed by atoms with Crippen molar-refractivity contribution in [1.82, 2.24) is 15.1 Å². The Morgan fingerprint density at radius 1 is 1.36 bits per heavy atom. The molecule has 1 amide bonds. The molecule has 0 aliphatic carbocycles. The number of hydrogen-bond acceptors (Lipinski definition) is 4. The van der Waals surface area contributed by atoms with E-state index in [1.54, 1.807) is 6.08 Å². The minimum Gasteiger partial charge on any atom is -0.391 e. The summed E-state index contributed by atoms with van der Waals surface area (Å²) in [7, 11) is 1.53. The number of nitrogens with zero attached hydrogens (tertiary/aromatic N) is 2. The molecule has 6 nitrogen and oxygen atoms in total. The summed E-state index contributed by atoms with van der Waals surface area (Å²) in [5.74, 6) is -0.198. The molecule has 6 heteroatoms. The van der Waals surface area contributed by atoms with Crippen molar-refractivity contribution in [2.24, 2.45) is 0 Å². The molecule has 134 valence electrons. The van der Waals surface area contributed by atoms with E-state index in [1.165, 1.54) is 13.2 Å². The number of nitrogens with one attached hydrogen (secondary N) is 1. The van der Waals surface area contributed by atoms with Gasteiger partial charge in [0.15, 0.2) is 0 Å². The highest BCUT2D eigenvalue weighted by atomic mass is 16.5. The number of methoxy groups -OCH3 is 1. The van der Waals surface area contributed by atoms with Crippen LogP contribution >= 0.6 is 0 Å². The SMILES string of the molecule is COCC(O)CCNC(=O)/C=C/c1c(C)nn(-c2ccccc2)c1C. The number of hydrogen-bond donors (Lipinski definition) is 2. The maximum atomic E-state index is 11.9. The highest BCUT2D eigenvalue weighted by molar-refractivity contribution is 5.92. The number of rotatable bonds is 8. The van der Waals surface area contributed by atoms with Gasteiger partial charge in [0.25, 0.3) is 0 Å². The van der Waals surface area contributed by atoms with Gasteiger partial charge in [0.1, 0.15) is 0 Å². The van der Waals surface area contributed by atoms with Gasteiger partial charge in [-0.15, -0.1) is 0 Å². The van der Waals surface area contributed by atoms with Crippen LogP contribution in [0, 0.1) is 13.8 Å². The van der Waals surface area contributed by atoms with E-state index in [4.69, 9.17) is 4.74 Å². The maximum absolute atomic E-state index is 11.9. The number of benzene rings is 1. The lowest BCUT2D eigenvalue weighted by atomic mass is 10.2. The monoisotopic (exact) mass is 343 g/mol. The van der Waals surface area contributed by atoms with Crippen LogP contribution in [0.4, 0.5) is 0 Å². The van der Waals surface area contributed by atoms with E-state index in [0.29, 0.717) is 13.0 Å². The van der Waals surface area contributed by atoms with Gasteiger partial charge in [-0.2, -0.15) is 5.10 Å². The van der Waals surface area contributed by atoms with Crippen LogP contribution in [0.5, 0.6) is 0 Å². The van der Waals surface area contributed by atoms with Gasteiger partial charge in [-0.05, 0) is 38.5 Å². The topological polar surface area (TPSA) is 76.4 Å². The molecule has 0 saturated heterocycles. The van der Waals surface area contributed by atoms with Crippen LogP contribution in [0.25, 0.3) is 11.8 Å². The Hall–Kier alpha value is -2.44. The zero-order chi connectivity index (χ0) is 18.2. The Bertz CT molecular complexity index is 723. The van der Waals surface area contributed by atoms with Crippen LogP contribution < -0.4 is 5.32 Å². The summed E-state index contributed by atoms with van der Waals surface area (Å²) in [6, 6.07) is 9.87. The molecule has 0 bridgehead atoms. The number of carbonyl (C=O) groups excluding carboxylic acids is 1. The Labute approximate surface area is 148 Å². The quantitative estimate of drug-likeness (QED) is 0.719. The molecule has 2 N–H and O–H groups in total. The van der Waals surface area contributed by atoms with Crippen LogP contribution in [0.15, 0.2) is 36.4 Å². The molecule has 1 aromatic heterocycles. The molecular weight excluding hydrogens is 318 g/mol. The third kappa shape index (κ3) is 5.27. The molecule has 25 heavy (non-hydrogen) atoms. The summed E-state index contributed by atoms with van der Waals surface area (Å²) in [6.45, 7) is 4.56. The number of carbonyl (C=O) groups is 1. The summed E-state index contributed by atoms with van der Waals surface area (Å²) in [6.07, 6.45) is 3.16. The molecule has 1 heterocycles. The fourth-order valence-electron chi connectivity index (χ4n) is 2.57. The predicted octanol–water partition coefficient (Wildman–Crippen LogP) is 2.02. The summed E-state index contributed by atoms with van der Waals surface area (Å²) in [5, 5.41) is 16.9. The Morgan fingerprint density at radius 2 is 2.08 bits per heavy atom.